The highest BCUT2D eigenvalue weighted by atomic mass is 79.9. The van der Waals surface area contributed by atoms with Crippen molar-refractivity contribution in [3.8, 4) is 17.0 Å². The van der Waals surface area contributed by atoms with Gasteiger partial charge in [-0.1, -0.05) is 63.6 Å². The molecule has 0 aliphatic carbocycles. The number of aromatic nitrogens is 1. The van der Waals surface area contributed by atoms with E-state index in [1.165, 1.54) is 7.11 Å². The second-order valence-electron chi connectivity index (χ2n) is 7.47. The molecular formula is C26H19BrF2N2O2. The average Bonchev–Trinajstić information content (AvgIpc) is 2.82. The molecular weight excluding hydrogens is 490 g/mol. The van der Waals surface area contributed by atoms with Crippen LogP contribution in [0.25, 0.3) is 11.1 Å². The van der Waals surface area contributed by atoms with Crippen LogP contribution in [0.1, 0.15) is 28.7 Å². The largest absolute Gasteiger partial charge is 0.481 e. The third-order valence-corrected chi connectivity index (χ3v) is 5.93. The molecule has 1 aromatic heterocycles. The third-order valence-electron chi connectivity index (χ3n) is 5.40. The van der Waals surface area contributed by atoms with Crippen molar-refractivity contribution in [2.24, 2.45) is 5.18 Å². The van der Waals surface area contributed by atoms with Crippen molar-refractivity contribution in [3.63, 3.8) is 0 Å². The van der Waals surface area contributed by atoms with Crippen LogP contribution in [0.2, 0.25) is 0 Å². The topological polar surface area (TPSA) is 51.6 Å². The molecule has 0 aliphatic heterocycles. The Hall–Kier alpha value is -3.45. The van der Waals surface area contributed by atoms with Gasteiger partial charge in [0.05, 0.1) is 7.11 Å². The predicted molar refractivity (Wildman–Crippen MR) is 127 cm³/mol. The maximum atomic E-state index is 14.0. The Labute approximate surface area is 198 Å². The highest BCUT2D eigenvalue weighted by Crippen LogP contribution is 2.43. The molecule has 0 saturated carbocycles. The zero-order valence-corrected chi connectivity index (χ0v) is 19.2. The van der Waals surface area contributed by atoms with Crippen molar-refractivity contribution in [3.05, 3.63) is 123 Å². The van der Waals surface area contributed by atoms with Crippen LogP contribution in [0.5, 0.6) is 5.88 Å². The normalized spacial score (nSPS) is 12.7. The molecule has 0 amide bonds. The van der Waals surface area contributed by atoms with Crippen LogP contribution >= 0.6 is 15.9 Å². The first kappa shape index (κ1) is 22.7. The highest BCUT2D eigenvalue weighted by molar-refractivity contribution is 9.10. The van der Waals surface area contributed by atoms with Crippen molar-refractivity contribution in [2.75, 3.05) is 7.11 Å². The van der Waals surface area contributed by atoms with E-state index < -0.39 is 23.6 Å². The number of nitroso groups, excluding NO2 is 1. The molecule has 2 unspecified atom stereocenters. The summed E-state index contributed by atoms with van der Waals surface area (Å²) in [5.74, 6) is -1.95. The van der Waals surface area contributed by atoms with Gasteiger partial charge < -0.3 is 4.74 Å². The van der Waals surface area contributed by atoms with Gasteiger partial charge in [0, 0.05) is 33.8 Å². The minimum atomic E-state index is -1.12. The number of ether oxygens (including phenoxy) is 1. The van der Waals surface area contributed by atoms with Crippen molar-refractivity contribution < 1.29 is 13.5 Å². The Morgan fingerprint density at radius 3 is 2.15 bits per heavy atom. The lowest BCUT2D eigenvalue weighted by molar-refractivity contribution is 0.387. The van der Waals surface area contributed by atoms with Crippen LogP contribution in [0, 0.1) is 16.5 Å². The molecule has 166 valence electrons. The second kappa shape index (κ2) is 10.0. The number of rotatable bonds is 7. The van der Waals surface area contributed by atoms with Gasteiger partial charge >= 0.3 is 0 Å². The quantitative estimate of drug-likeness (QED) is 0.244. The molecule has 33 heavy (non-hydrogen) atoms. The summed E-state index contributed by atoms with van der Waals surface area (Å²) in [5.41, 5.74) is 3.16. The number of methoxy groups -OCH3 is 1. The standard InChI is InChI=1S/C26H19BrF2N2O2/c1-33-26-23(13-19(15-30-26)16-7-9-20(27)10-8-16)24(17-5-3-2-4-6-17)25(31-32)18-11-21(28)14-22(29)12-18/h2-15,24-25H,1H3. The molecule has 4 nitrogen and oxygen atoms in total. The van der Waals surface area contributed by atoms with Gasteiger partial charge in [-0.05, 0) is 47.0 Å². The fourth-order valence-corrected chi connectivity index (χ4v) is 4.18. The predicted octanol–water partition coefficient (Wildman–Crippen LogP) is 7.44. The summed E-state index contributed by atoms with van der Waals surface area (Å²) in [4.78, 5) is 16.6. The number of nitrogens with zero attached hydrogens (tertiary/aromatic N) is 2. The lowest BCUT2D eigenvalue weighted by Crippen LogP contribution is -2.14. The number of halogens is 3. The lowest BCUT2D eigenvalue weighted by atomic mass is 9.82. The zero-order valence-electron chi connectivity index (χ0n) is 17.6. The number of hydrogen-bond acceptors (Lipinski definition) is 4. The van der Waals surface area contributed by atoms with E-state index >= 15 is 0 Å². The first-order valence-corrected chi connectivity index (χ1v) is 10.9. The van der Waals surface area contributed by atoms with E-state index in [1.807, 2.05) is 60.7 Å². The van der Waals surface area contributed by atoms with Crippen molar-refractivity contribution >= 4 is 15.9 Å². The summed E-state index contributed by atoms with van der Waals surface area (Å²) in [6.45, 7) is 0. The molecule has 7 heteroatoms. The Bertz CT molecular complexity index is 1250. The summed E-state index contributed by atoms with van der Waals surface area (Å²) >= 11 is 3.43. The number of pyridine rings is 1. The Morgan fingerprint density at radius 2 is 1.55 bits per heavy atom. The maximum Gasteiger partial charge on any atom is 0.216 e. The first-order valence-electron chi connectivity index (χ1n) is 10.1. The van der Waals surface area contributed by atoms with E-state index in [0.29, 0.717) is 11.4 Å². The zero-order chi connectivity index (χ0) is 23.4. The molecule has 4 rings (SSSR count). The van der Waals surface area contributed by atoms with Crippen molar-refractivity contribution in [1.29, 1.82) is 0 Å². The summed E-state index contributed by atoms with van der Waals surface area (Å²) in [5, 5.41) is 3.31. The van der Waals surface area contributed by atoms with Gasteiger partial charge in [-0.3, -0.25) is 0 Å². The van der Waals surface area contributed by atoms with Crippen LogP contribution < -0.4 is 4.74 Å². The van der Waals surface area contributed by atoms with Crippen molar-refractivity contribution in [2.45, 2.75) is 12.0 Å². The molecule has 0 aliphatic rings. The minimum absolute atomic E-state index is 0.132. The number of benzene rings is 3. The van der Waals surface area contributed by atoms with Crippen LogP contribution in [-0.2, 0) is 0 Å². The Balaban J connectivity index is 1.93. The fourth-order valence-electron chi connectivity index (χ4n) is 3.92. The Morgan fingerprint density at radius 1 is 0.879 bits per heavy atom. The summed E-state index contributed by atoms with van der Waals surface area (Å²) in [6, 6.07) is 20.7. The number of hydrogen-bond donors (Lipinski definition) is 0. The SMILES string of the molecule is COc1ncc(-c2ccc(Br)cc2)cc1C(c1ccccc1)C(N=O)c1cc(F)cc(F)c1. The average molecular weight is 509 g/mol. The van der Waals surface area contributed by atoms with Crippen LogP contribution in [0.4, 0.5) is 8.78 Å². The van der Waals surface area contributed by atoms with Crippen LogP contribution in [0.15, 0.2) is 94.7 Å². The van der Waals surface area contributed by atoms with Gasteiger partial charge in [-0.2, -0.15) is 4.91 Å². The lowest BCUT2D eigenvalue weighted by Gasteiger charge is -2.25. The monoisotopic (exact) mass is 508 g/mol. The minimum Gasteiger partial charge on any atom is -0.481 e. The first-order chi connectivity index (χ1) is 16.0. The van der Waals surface area contributed by atoms with E-state index in [1.54, 1.807) is 6.20 Å². The van der Waals surface area contributed by atoms with E-state index in [2.05, 4.69) is 26.1 Å². The van der Waals surface area contributed by atoms with Gasteiger partial charge in [0.25, 0.3) is 0 Å². The van der Waals surface area contributed by atoms with Crippen molar-refractivity contribution in [1.82, 2.24) is 4.98 Å². The maximum absolute atomic E-state index is 14.0. The molecule has 0 spiro atoms. The van der Waals surface area contributed by atoms with E-state index in [4.69, 9.17) is 4.74 Å². The van der Waals surface area contributed by atoms with Gasteiger partial charge in [0.1, 0.15) is 17.7 Å². The molecule has 0 radical (unpaired) electrons. The molecule has 2 atom stereocenters. The molecule has 0 saturated heterocycles. The molecule has 0 fully saturated rings. The smallest absolute Gasteiger partial charge is 0.216 e. The molecule has 4 aromatic rings. The Kier molecular flexibility index (Phi) is 6.89. The van der Waals surface area contributed by atoms with Gasteiger partial charge in [0.2, 0.25) is 5.88 Å². The molecule has 0 bridgehead atoms. The van der Waals surface area contributed by atoms with Crippen LogP contribution in [0.3, 0.4) is 0 Å². The van der Waals surface area contributed by atoms with Gasteiger partial charge in [0.15, 0.2) is 0 Å². The molecule has 1 heterocycles. The molecule has 0 N–H and O–H groups in total. The van der Waals surface area contributed by atoms with Gasteiger partial charge in [-0.25, -0.2) is 13.8 Å². The second-order valence-corrected chi connectivity index (χ2v) is 8.39. The van der Waals surface area contributed by atoms with E-state index in [9.17, 15) is 13.7 Å². The van der Waals surface area contributed by atoms with Gasteiger partial charge in [-0.15, -0.1) is 0 Å². The fraction of sp³-hybridized carbons (Fsp3) is 0.115. The molecule has 3 aromatic carbocycles. The van der Waals surface area contributed by atoms with E-state index in [-0.39, 0.29) is 5.56 Å². The van der Waals surface area contributed by atoms with E-state index in [0.717, 1.165) is 39.4 Å². The summed E-state index contributed by atoms with van der Waals surface area (Å²) < 4.78 is 34.5. The van der Waals surface area contributed by atoms with Crippen LogP contribution in [-0.4, -0.2) is 12.1 Å². The summed E-state index contributed by atoms with van der Waals surface area (Å²) in [6.07, 6.45) is 1.68. The summed E-state index contributed by atoms with van der Waals surface area (Å²) in [7, 11) is 1.48. The highest BCUT2D eigenvalue weighted by Gasteiger charge is 2.32. The third kappa shape index (κ3) is 4.98.